The highest BCUT2D eigenvalue weighted by atomic mass is 35.5. The van der Waals surface area contributed by atoms with E-state index in [1.807, 2.05) is 43.3 Å². The summed E-state index contributed by atoms with van der Waals surface area (Å²) < 4.78 is 7.02. The van der Waals surface area contributed by atoms with Crippen molar-refractivity contribution in [2.45, 2.75) is 30.7 Å². The Morgan fingerprint density at radius 2 is 1.97 bits per heavy atom. The van der Waals surface area contributed by atoms with Crippen molar-refractivity contribution in [2.75, 3.05) is 7.11 Å². The van der Waals surface area contributed by atoms with Crippen molar-refractivity contribution in [1.82, 2.24) is 19.5 Å². The number of aryl methyl sites for hydroxylation is 1. The average molecular weight is 469 g/mol. The van der Waals surface area contributed by atoms with Crippen molar-refractivity contribution < 1.29 is 9.53 Å². The Morgan fingerprint density at radius 1 is 1.22 bits per heavy atom. The Morgan fingerprint density at radius 3 is 2.69 bits per heavy atom. The van der Waals surface area contributed by atoms with E-state index in [9.17, 15) is 9.59 Å². The molecule has 164 valence electrons. The van der Waals surface area contributed by atoms with E-state index in [-0.39, 0.29) is 10.8 Å². The molecular weight excluding hydrogens is 448 g/mol. The van der Waals surface area contributed by atoms with Crippen LogP contribution in [0.5, 0.6) is 0 Å². The molecule has 1 atom stereocenters. The second kappa shape index (κ2) is 9.18. The number of nitrogens with one attached hydrogen (secondary N) is 1. The number of halogens is 1. The van der Waals surface area contributed by atoms with Gasteiger partial charge in [-0.25, -0.2) is 14.6 Å². The third-order valence-electron chi connectivity index (χ3n) is 5.05. The number of aromatic nitrogens is 4. The lowest BCUT2D eigenvalue weighted by atomic mass is 10.2. The zero-order chi connectivity index (χ0) is 22.8. The highest BCUT2D eigenvalue weighted by Crippen LogP contribution is 2.37. The molecular formula is C23H21ClN4O3S. The SMILES string of the molecule is COC(=O)c1c(SC(C)c2nc3cc(Cl)ccc3n2Cc2ccccc2)nc(=O)[nH]c1C. The van der Waals surface area contributed by atoms with Crippen molar-refractivity contribution in [3.8, 4) is 0 Å². The molecule has 0 saturated carbocycles. The zero-order valence-electron chi connectivity index (χ0n) is 17.8. The van der Waals surface area contributed by atoms with E-state index in [0.717, 1.165) is 22.4 Å². The summed E-state index contributed by atoms with van der Waals surface area (Å²) >= 11 is 7.49. The summed E-state index contributed by atoms with van der Waals surface area (Å²) in [5.74, 6) is 0.234. The summed E-state index contributed by atoms with van der Waals surface area (Å²) in [5.41, 5.74) is 2.99. The molecule has 0 fully saturated rings. The van der Waals surface area contributed by atoms with Crippen LogP contribution < -0.4 is 5.69 Å². The third kappa shape index (κ3) is 4.42. The minimum absolute atomic E-state index is 0.220. The van der Waals surface area contributed by atoms with Crippen LogP contribution in [0.1, 0.15) is 39.6 Å². The zero-order valence-corrected chi connectivity index (χ0v) is 19.3. The molecule has 32 heavy (non-hydrogen) atoms. The number of rotatable bonds is 6. The number of benzene rings is 2. The lowest BCUT2D eigenvalue weighted by Crippen LogP contribution is -2.19. The number of hydrogen-bond donors (Lipinski definition) is 1. The van der Waals surface area contributed by atoms with Crippen LogP contribution in [0.15, 0.2) is 58.4 Å². The normalized spacial score (nSPS) is 12.1. The Kier molecular flexibility index (Phi) is 6.34. The number of methoxy groups -OCH3 is 1. The van der Waals surface area contributed by atoms with E-state index in [1.54, 1.807) is 6.92 Å². The fraction of sp³-hybridized carbons (Fsp3) is 0.217. The van der Waals surface area contributed by atoms with Gasteiger partial charge < -0.3 is 14.3 Å². The maximum absolute atomic E-state index is 12.3. The fourth-order valence-corrected chi connectivity index (χ4v) is 4.85. The van der Waals surface area contributed by atoms with Crippen LogP contribution in [0.2, 0.25) is 5.02 Å². The molecule has 0 aliphatic carbocycles. The molecule has 0 radical (unpaired) electrons. The van der Waals surface area contributed by atoms with Gasteiger partial charge in [-0.1, -0.05) is 53.7 Å². The third-order valence-corrected chi connectivity index (χ3v) is 6.37. The summed E-state index contributed by atoms with van der Waals surface area (Å²) in [6.45, 7) is 4.23. The second-order valence-corrected chi connectivity index (χ2v) is 9.04. The second-order valence-electron chi connectivity index (χ2n) is 7.27. The molecule has 0 aliphatic rings. The molecule has 2 aromatic carbocycles. The van der Waals surface area contributed by atoms with Gasteiger partial charge in [0.2, 0.25) is 0 Å². The van der Waals surface area contributed by atoms with E-state index in [4.69, 9.17) is 21.3 Å². The smallest absolute Gasteiger partial charge is 0.346 e. The first-order valence-corrected chi connectivity index (χ1v) is 11.2. The standard InChI is InChI=1S/C23H21ClN4O3S/c1-13-19(22(29)31-3)21(27-23(30)25-13)32-14(2)20-26-17-11-16(24)9-10-18(17)28(20)12-15-7-5-4-6-8-15/h4-11,14H,12H2,1-3H3,(H,25,27,30). The Hall–Kier alpha value is -3.10. The molecule has 1 N–H and O–H groups in total. The van der Waals surface area contributed by atoms with Gasteiger partial charge in [-0.2, -0.15) is 4.98 Å². The number of thioether (sulfide) groups is 1. The first-order valence-electron chi connectivity index (χ1n) is 9.93. The quantitative estimate of drug-likeness (QED) is 0.249. The summed E-state index contributed by atoms with van der Waals surface area (Å²) in [6.07, 6.45) is 0. The van der Waals surface area contributed by atoms with E-state index < -0.39 is 11.7 Å². The van der Waals surface area contributed by atoms with E-state index >= 15 is 0 Å². The lowest BCUT2D eigenvalue weighted by molar-refractivity contribution is 0.0594. The highest BCUT2D eigenvalue weighted by molar-refractivity contribution is 7.99. The molecule has 1 unspecified atom stereocenters. The molecule has 0 saturated heterocycles. The summed E-state index contributed by atoms with van der Waals surface area (Å²) in [6, 6.07) is 15.7. The number of hydrogen-bond acceptors (Lipinski definition) is 6. The van der Waals surface area contributed by atoms with Gasteiger partial charge in [-0.15, -0.1) is 0 Å². The number of imidazole rings is 1. The van der Waals surface area contributed by atoms with Crippen LogP contribution in [-0.4, -0.2) is 32.6 Å². The number of fused-ring (bicyclic) bond motifs is 1. The molecule has 0 amide bonds. The van der Waals surface area contributed by atoms with Gasteiger partial charge in [0.25, 0.3) is 0 Å². The monoisotopic (exact) mass is 468 g/mol. The van der Waals surface area contributed by atoms with Gasteiger partial charge in [0.1, 0.15) is 16.4 Å². The highest BCUT2D eigenvalue weighted by Gasteiger charge is 2.24. The molecule has 9 heteroatoms. The molecule has 0 aliphatic heterocycles. The summed E-state index contributed by atoms with van der Waals surface area (Å²) in [5, 5.41) is 0.692. The molecule has 4 aromatic rings. The van der Waals surface area contributed by atoms with Gasteiger partial charge in [0, 0.05) is 17.3 Å². The van der Waals surface area contributed by atoms with Crippen molar-refractivity contribution in [3.63, 3.8) is 0 Å². The number of ether oxygens (including phenoxy) is 1. The molecule has 2 heterocycles. The predicted octanol–water partition coefficient (Wildman–Crippen LogP) is 4.77. The van der Waals surface area contributed by atoms with Crippen molar-refractivity contribution in [2.24, 2.45) is 0 Å². The Bertz CT molecular complexity index is 1350. The molecule has 2 aromatic heterocycles. The minimum Gasteiger partial charge on any atom is -0.465 e. The number of nitrogens with zero attached hydrogens (tertiary/aromatic N) is 3. The lowest BCUT2D eigenvalue weighted by Gasteiger charge is -2.16. The van der Waals surface area contributed by atoms with Crippen molar-refractivity contribution in [1.29, 1.82) is 0 Å². The van der Waals surface area contributed by atoms with Gasteiger partial charge in [-0.05, 0) is 37.6 Å². The van der Waals surface area contributed by atoms with Crippen molar-refractivity contribution >= 4 is 40.4 Å². The predicted molar refractivity (Wildman–Crippen MR) is 125 cm³/mol. The summed E-state index contributed by atoms with van der Waals surface area (Å²) in [4.78, 5) is 35.8. The maximum atomic E-state index is 12.3. The van der Waals surface area contributed by atoms with E-state index in [2.05, 4.69) is 26.7 Å². The van der Waals surface area contributed by atoms with Crippen LogP contribution >= 0.6 is 23.4 Å². The van der Waals surface area contributed by atoms with Crippen molar-refractivity contribution in [3.05, 3.63) is 86.7 Å². The van der Waals surface area contributed by atoms with Gasteiger partial charge in [0.15, 0.2) is 0 Å². The first kappa shape index (κ1) is 22.1. The van der Waals surface area contributed by atoms with Crippen LogP contribution in [0.3, 0.4) is 0 Å². The Labute approximate surface area is 193 Å². The molecule has 4 rings (SSSR count). The fourth-order valence-electron chi connectivity index (χ4n) is 3.57. The number of carbonyl (C=O) groups is 1. The maximum Gasteiger partial charge on any atom is 0.346 e. The van der Waals surface area contributed by atoms with Gasteiger partial charge >= 0.3 is 11.7 Å². The van der Waals surface area contributed by atoms with E-state index in [1.165, 1.54) is 18.9 Å². The topological polar surface area (TPSA) is 89.9 Å². The van der Waals surface area contributed by atoms with Crippen LogP contribution in [0.4, 0.5) is 0 Å². The number of carbonyl (C=O) groups excluding carboxylic acids is 1. The number of aromatic amines is 1. The van der Waals surface area contributed by atoms with Crippen LogP contribution in [0, 0.1) is 6.92 Å². The van der Waals surface area contributed by atoms with Crippen LogP contribution in [-0.2, 0) is 11.3 Å². The van der Waals surface area contributed by atoms with E-state index in [0.29, 0.717) is 22.3 Å². The molecule has 0 bridgehead atoms. The largest absolute Gasteiger partial charge is 0.465 e. The van der Waals surface area contributed by atoms with Gasteiger partial charge in [-0.3, -0.25) is 0 Å². The summed E-state index contributed by atoms with van der Waals surface area (Å²) in [7, 11) is 1.30. The molecule has 7 nitrogen and oxygen atoms in total. The Balaban J connectivity index is 1.79. The number of esters is 1. The van der Waals surface area contributed by atoms with Crippen LogP contribution in [0.25, 0.3) is 11.0 Å². The average Bonchev–Trinajstić information content (AvgIpc) is 3.11. The van der Waals surface area contributed by atoms with Gasteiger partial charge in [0.05, 0.1) is 23.4 Å². The minimum atomic E-state index is -0.550. The first-order chi connectivity index (χ1) is 15.4. The molecule has 0 spiro atoms. The number of H-pyrrole nitrogens is 1.